The molecule has 0 aliphatic carbocycles. The van der Waals surface area contributed by atoms with Crippen molar-refractivity contribution in [2.45, 2.75) is 25.6 Å². The molecule has 2 aliphatic rings. The molecule has 0 saturated carbocycles. The molecule has 2 atom stereocenters. The fourth-order valence-electron chi connectivity index (χ4n) is 2.80. The molecular formula is C15H16N2O4. The maximum absolute atomic E-state index is 12.3. The number of hydroxylamine groups is 2. The third kappa shape index (κ3) is 2.38. The fraction of sp³-hybridized carbons (Fsp3) is 0.333. The summed E-state index contributed by atoms with van der Waals surface area (Å²) in [5.41, 5.74) is 1.62. The number of carbonyl (C=O) groups excluding carboxylic acids is 1. The van der Waals surface area contributed by atoms with Gasteiger partial charge < -0.3 is 10.0 Å². The largest absolute Gasteiger partial charge is 0.479 e. The van der Waals surface area contributed by atoms with Gasteiger partial charge in [0.05, 0.1) is 12.6 Å². The van der Waals surface area contributed by atoms with E-state index in [1.54, 1.807) is 13.0 Å². The Morgan fingerprint density at radius 1 is 1.38 bits per heavy atom. The lowest BCUT2D eigenvalue weighted by atomic mass is 10.0. The highest BCUT2D eigenvalue weighted by Gasteiger charge is 2.47. The highest BCUT2D eigenvalue weighted by molar-refractivity contribution is 5.87. The minimum Gasteiger partial charge on any atom is -0.479 e. The van der Waals surface area contributed by atoms with Crippen LogP contribution in [0.15, 0.2) is 42.0 Å². The van der Waals surface area contributed by atoms with E-state index in [-0.39, 0.29) is 12.6 Å². The summed E-state index contributed by atoms with van der Waals surface area (Å²) < 4.78 is 0. The zero-order chi connectivity index (χ0) is 15.0. The molecule has 2 bridgehead atoms. The van der Waals surface area contributed by atoms with E-state index in [9.17, 15) is 14.7 Å². The number of fused-ring (bicyclic) bond motifs is 2. The molecule has 0 aromatic heterocycles. The molecule has 2 aliphatic heterocycles. The molecule has 1 aromatic rings. The Bertz CT molecular complexity index is 599. The minimum absolute atomic E-state index is 0.225. The Balaban J connectivity index is 1.74. The van der Waals surface area contributed by atoms with Crippen LogP contribution in [0.1, 0.15) is 12.5 Å². The molecule has 21 heavy (non-hydrogen) atoms. The third-order valence-corrected chi connectivity index (χ3v) is 3.76. The quantitative estimate of drug-likeness (QED) is 0.855. The molecule has 0 unspecified atom stereocenters. The van der Waals surface area contributed by atoms with Gasteiger partial charge in [0.1, 0.15) is 6.61 Å². The molecule has 6 heteroatoms. The standard InChI is InChI=1S/C15H16N2O4/c1-10-7-12-8-16(13(10)14(18)19)15(20)17(12)21-9-11-5-3-2-4-6-11/h2-7,12-13H,8-9H2,1H3,(H,18,19)/t12-,13+/m1/s1. The molecule has 1 fully saturated rings. The molecule has 2 heterocycles. The Morgan fingerprint density at radius 3 is 2.76 bits per heavy atom. The van der Waals surface area contributed by atoms with Crippen LogP contribution in [0.3, 0.4) is 0 Å². The van der Waals surface area contributed by atoms with Crippen molar-refractivity contribution >= 4 is 12.0 Å². The van der Waals surface area contributed by atoms with E-state index in [1.165, 1.54) is 9.96 Å². The molecule has 6 nitrogen and oxygen atoms in total. The van der Waals surface area contributed by atoms with E-state index < -0.39 is 18.0 Å². The summed E-state index contributed by atoms with van der Waals surface area (Å²) in [6.07, 6.45) is 1.80. The van der Waals surface area contributed by atoms with E-state index in [4.69, 9.17) is 4.84 Å². The number of urea groups is 1. The molecule has 3 rings (SSSR count). The van der Waals surface area contributed by atoms with E-state index in [2.05, 4.69) is 0 Å². The van der Waals surface area contributed by atoms with Gasteiger partial charge in [-0.15, -0.1) is 0 Å². The van der Waals surface area contributed by atoms with Gasteiger partial charge in [-0.2, -0.15) is 5.06 Å². The van der Waals surface area contributed by atoms with Crippen molar-refractivity contribution in [3.63, 3.8) is 0 Å². The van der Waals surface area contributed by atoms with Gasteiger partial charge in [-0.3, -0.25) is 4.84 Å². The summed E-state index contributed by atoms with van der Waals surface area (Å²) in [4.78, 5) is 30.5. The summed E-state index contributed by atoms with van der Waals surface area (Å²) in [7, 11) is 0. The van der Waals surface area contributed by atoms with Crippen LogP contribution in [0.4, 0.5) is 4.79 Å². The number of hydrogen-bond donors (Lipinski definition) is 1. The number of benzene rings is 1. The normalized spacial score (nSPS) is 24.2. The Labute approximate surface area is 122 Å². The van der Waals surface area contributed by atoms with Crippen molar-refractivity contribution in [2.75, 3.05) is 6.54 Å². The zero-order valence-electron chi connectivity index (χ0n) is 11.6. The van der Waals surface area contributed by atoms with Crippen molar-refractivity contribution in [3.8, 4) is 0 Å². The molecule has 1 N–H and O–H groups in total. The average Bonchev–Trinajstić information content (AvgIpc) is 2.70. The molecule has 1 saturated heterocycles. The number of hydrogen-bond acceptors (Lipinski definition) is 3. The first-order valence-corrected chi connectivity index (χ1v) is 6.75. The zero-order valence-corrected chi connectivity index (χ0v) is 11.6. The highest BCUT2D eigenvalue weighted by Crippen LogP contribution is 2.29. The maximum atomic E-state index is 12.3. The van der Waals surface area contributed by atoms with Crippen LogP contribution >= 0.6 is 0 Å². The first-order valence-electron chi connectivity index (χ1n) is 6.75. The predicted molar refractivity (Wildman–Crippen MR) is 74.1 cm³/mol. The van der Waals surface area contributed by atoms with Gasteiger partial charge in [-0.05, 0) is 18.1 Å². The van der Waals surface area contributed by atoms with Gasteiger partial charge in [-0.1, -0.05) is 36.4 Å². The lowest BCUT2D eigenvalue weighted by Crippen LogP contribution is -2.45. The van der Waals surface area contributed by atoms with Crippen LogP contribution in [0.5, 0.6) is 0 Å². The van der Waals surface area contributed by atoms with Crippen molar-refractivity contribution < 1.29 is 19.5 Å². The van der Waals surface area contributed by atoms with Crippen LogP contribution in [0, 0.1) is 0 Å². The number of amides is 2. The summed E-state index contributed by atoms with van der Waals surface area (Å²) in [6.45, 7) is 2.36. The molecule has 110 valence electrons. The highest BCUT2D eigenvalue weighted by atomic mass is 16.7. The lowest BCUT2D eigenvalue weighted by Gasteiger charge is -2.26. The second-order valence-electron chi connectivity index (χ2n) is 5.24. The first kappa shape index (κ1) is 13.6. The van der Waals surface area contributed by atoms with Crippen LogP contribution < -0.4 is 0 Å². The van der Waals surface area contributed by atoms with Crippen molar-refractivity contribution in [3.05, 3.63) is 47.5 Å². The van der Waals surface area contributed by atoms with Crippen LogP contribution in [-0.4, -0.2) is 45.7 Å². The fourth-order valence-corrected chi connectivity index (χ4v) is 2.80. The van der Waals surface area contributed by atoms with Gasteiger partial charge in [0.15, 0.2) is 6.04 Å². The number of carboxylic acid groups (broad SMARTS) is 1. The van der Waals surface area contributed by atoms with Gasteiger partial charge in [0, 0.05) is 0 Å². The number of rotatable bonds is 4. The first-order chi connectivity index (χ1) is 10.1. The minimum atomic E-state index is -1.01. The third-order valence-electron chi connectivity index (χ3n) is 3.76. The molecule has 0 spiro atoms. The number of carboxylic acids is 1. The van der Waals surface area contributed by atoms with Gasteiger partial charge in [0.2, 0.25) is 0 Å². The van der Waals surface area contributed by atoms with E-state index in [0.29, 0.717) is 12.1 Å². The Morgan fingerprint density at radius 2 is 2.10 bits per heavy atom. The lowest BCUT2D eigenvalue weighted by molar-refractivity contribution is -0.141. The van der Waals surface area contributed by atoms with Crippen molar-refractivity contribution in [1.29, 1.82) is 0 Å². The van der Waals surface area contributed by atoms with Gasteiger partial charge in [0.25, 0.3) is 0 Å². The van der Waals surface area contributed by atoms with Crippen molar-refractivity contribution in [1.82, 2.24) is 9.96 Å². The SMILES string of the molecule is CC1=C[C@@H]2CN(C(=O)N2OCc2ccccc2)[C@@H]1C(=O)O. The second-order valence-corrected chi connectivity index (χ2v) is 5.24. The maximum Gasteiger partial charge on any atom is 0.345 e. The van der Waals surface area contributed by atoms with Crippen LogP contribution in [-0.2, 0) is 16.2 Å². The summed E-state index contributed by atoms with van der Waals surface area (Å²) >= 11 is 0. The topological polar surface area (TPSA) is 70.1 Å². The molecule has 0 radical (unpaired) electrons. The predicted octanol–water partition coefficient (Wildman–Crippen LogP) is 1.64. The second kappa shape index (κ2) is 5.21. The number of carbonyl (C=O) groups is 2. The Kier molecular flexibility index (Phi) is 3.39. The van der Waals surface area contributed by atoms with E-state index >= 15 is 0 Å². The summed E-state index contributed by atoms with van der Waals surface area (Å²) in [5, 5.41) is 10.5. The van der Waals surface area contributed by atoms with Crippen LogP contribution in [0.25, 0.3) is 0 Å². The average molecular weight is 288 g/mol. The summed E-state index contributed by atoms with van der Waals surface area (Å²) in [6, 6.07) is 8.02. The number of nitrogens with zero attached hydrogens (tertiary/aromatic N) is 2. The smallest absolute Gasteiger partial charge is 0.345 e. The Hall–Kier alpha value is -2.34. The van der Waals surface area contributed by atoms with Gasteiger partial charge >= 0.3 is 12.0 Å². The van der Waals surface area contributed by atoms with E-state index in [1.807, 2.05) is 30.3 Å². The molecular weight excluding hydrogens is 272 g/mol. The van der Waals surface area contributed by atoms with Crippen LogP contribution in [0.2, 0.25) is 0 Å². The number of aliphatic carboxylic acids is 1. The summed E-state index contributed by atoms with van der Waals surface area (Å²) in [5.74, 6) is -1.01. The van der Waals surface area contributed by atoms with Crippen molar-refractivity contribution in [2.24, 2.45) is 0 Å². The molecule has 1 aromatic carbocycles. The monoisotopic (exact) mass is 288 g/mol. The molecule has 2 amide bonds. The van der Waals surface area contributed by atoms with E-state index in [0.717, 1.165) is 5.56 Å². The van der Waals surface area contributed by atoms with Gasteiger partial charge in [-0.25, -0.2) is 9.59 Å².